The van der Waals surface area contributed by atoms with Gasteiger partial charge in [-0.2, -0.15) is 0 Å². The molecule has 4 heteroatoms. The second-order valence-electron chi connectivity index (χ2n) is 4.64. The Bertz CT molecular complexity index is 442. The van der Waals surface area contributed by atoms with E-state index < -0.39 is 0 Å². The van der Waals surface area contributed by atoms with Crippen LogP contribution in [0.1, 0.15) is 36.4 Å². The molecule has 0 amide bonds. The van der Waals surface area contributed by atoms with Crippen molar-refractivity contribution in [2.24, 2.45) is 0 Å². The molecule has 0 radical (unpaired) electrons. The van der Waals surface area contributed by atoms with Crippen molar-refractivity contribution in [2.45, 2.75) is 32.2 Å². The van der Waals surface area contributed by atoms with Crippen LogP contribution in [0.15, 0.2) is 10.5 Å². The van der Waals surface area contributed by atoms with E-state index in [0.29, 0.717) is 12.8 Å². The van der Waals surface area contributed by atoms with Crippen LogP contribution in [0, 0.1) is 6.92 Å². The molecule has 2 aliphatic rings. The molecule has 0 aromatic heterocycles. The zero-order chi connectivity index (χ0) is 11.8. The number of rotatable bonds is 1. The largest absolute Gasteiger partial charge is 0.454 e. The predicted octanol–water partition coefficient (Wildman–Crippen LogP) is 3.30. The van der Waals surface area contributed by atoms with Gasteiger partial charge in [-0.1, -0.05) is 6.42 Å². The van der Waals surface area contributed by atoms with E-state index in [9.17, 15) is 0 Å². The summed E-state index contributed by atoms with van der Waals surface area (Å²) in [4.78, 5) is 0. The van der Waals surface area contributed by atoms with Crippen molar-refractivity contribution in [3.05, 3.63) is 21.7 Å². The van der Waals surface area contributed by atoms with Crippen LogP contribution in [-0.2, 0) is 0 Å². The summed E-state index contributed by atoms with van der Waals surface area (Å²) in [5, 5.41) is 3.58. The Morgan fingerprint density at radius 2 is 2.24 bits per heavy atom. The molecule has 0 aliphatic carbocycles. The van der Waals surface area contributed by atoms with Crippen LogP contribution in [0.3, 0.4) is 0 Å². The third kappa shape index (κ3) is 1.93. The molecular formula is C13H16BrNO2. The highest BCUT2D eigenvalue weighted by Gasteiger charge is 2.25. The van der Waals surface area contributed by atoms with Crippen LogP contribution in [0.5, 0.6) is 11.5 Å². The van der Waals surface area contributed by atoms with Gasteiger partial charge in [0.15, 0.2) is 11.5 Å². The van der Waals surface area contributed by atoms with E-state index in [2.05, 4.69) is 34.2 Å². The Morgan fingerprint density at radius 1 is 1.35 bits per heavy atom. The molecule has 1 saturated heterocycles. The van der Waals surface area contributed by atoms with Crippen molar-refractivity contribution in [1.82, 2.24) is 5.32 Å². The zero-order valence-electron chi connectivity index (χ0n) is 9.88. The Hall–Kier alpha value is -0.740. The number of fused-ring (bicyclic) bond motifs is 1. The summed E-state index contributed by atoms with van der Waals surface area (Å²) in [5.41, 5.74) is 2.59. The Morgan fingerprint density at radius 3 is 3.00 bits per heavy atom. The molecule has 3 rings (SSSR count). The monoisotopic (exact) mass is 297 g/mol. The van der Waals surface area contributed by atoms with Crippen LogP contribution in [0.4, 0.5) is 0 Å². The molecule has 17 heavy (non-hydrogen) atoms. The second-order valence-corrected chi connectivity index (χ2v) is 5.43. The van der Waals surface area contributed by atoms with E-state index in [4.69, 9.17) is 9.47 Å². The molecule has 3 nitrogen and oxygen atoms in total. The number of hydrogen-bond donors (Lipinski definition) is 1. The lowest BCUT2D eigenvalue weighted by Crippen LogP contribution is -2.27. The van der Waals surface area contributed by atoms with Crippen LogP contribution >= 0.6 is 15.9 Å². The van der Waals surface area contributed by atoms with Crippen molar-refractivity contribution in [1.29, 1.82) is 0 Å². The molecule has 1 fully saturated rings. The first-order chi connectivity index (χ1) is 8.27. The molecule has 0 saturated carbocycles. The fourth-order valence-electron chi connectivity index (χ4n) is 2.59. The highest BCUT2D eigenvalue weighted by atomic mass is 79.9. The van der Waals surface area contributed by atoms with Crippen molar-refractivity contribution in [2.75, 3.05) is 13.3 Å². The minimum atomic E-state index is 0.328. The SMILES string of the molecule is Cc1c(C2CCCCN2)cc2c(c1Br)OCO2. The van der Waals surface area contributed by atoms with Gasteiger partial charge in [-0.05, 0) is 59.4 Å². The van der Waals surface area contributed by atoms with Crippen molar-refractivity contribution in [3.8, 4) is 11.5 Å². The first-order valence-electron chi connectivity index (χ1n) is 6.09. The number of nitrogens with one attached hydrogen (secondary N) is 1. The van der Waals surface area contributed by atoms with E-state index in [0.717, 1.165) is 22.5 Å². The standard InChI is InChI=1S/C13H16BrNO2/c1-8-9(10-4-2-3-5-15-10)6-11-13(12(8)14)17-7-16-11/h6,10,15H,2-5,7H2,1H3. The number of benzene rings is 1. The summed E-state index contributed by atoms with van der Waals surface area (Å²) in [5.74, 6) is 1.71. The summed E-state index contributed by atoms with van der Waals surface area (Å²) in [6, 6.07) is 2.58. The van der Waals surface area contributed by atoms with E-state index in [-0.39, 0.29) is 0 Å². The van der Waals surface area contributed by atoms with Crippen LogP contribution in [-0.4, -0.2) is 13.3 Å². The molecule has 1 N–H and O–H groups in total. The molecule has 92 valence electrons. The smallest absolute Gasteiger partial charge is 0.231 e. The first kappa shape index (κ1) is 11.4. The lowest BCUT2D eigenvalue weighted by Gasteiger charge is -2.26. The van der Waals surface area contributed by atoms with Crippen molar-refractivity contribution in [3.63, 3.8) is 0 Å². The molecule has 1 aromatic carbocycles. The quantitative estimate of drug-likeness (QED) is 0.863. The fraction of sp³-hybridized carbons (Fsp3) is 0.538. The van der Waals surface area contributed by atoms with Gasteiger partial charge in [0.2, 0.25) is 6.79 Å². The average Bonchev–Trinajstić information content (AvgIpc) is 2.83. The number of hydrogen-bond acceptors (Lipinski definition) is 3. The molecule has 1 unspecified atom stereocenters. The van der Waals surface area contributed by atoms with E-state index in [1.807, 2.05) is 0 Å². The van der Waals surface area contributed by atoms with Gasteiger partial charge in [-0.15, -0.1) is 0 Å². The van der Waals surface area contributed by atoms with Crippen LogP contribution in [0.25, 0.3) is 0 Å². The summed E-state index contributed by atoms with van der Waals surface area (Å²) in [7, 11) is 0. The summed E-state index contributed by atoms with van der Waals surface area (Å²) < 4.78 is 12.0. The third-order valence-electron chi connectivity index (χ3n) is 3.58. The number of ether oxygens (including phenoxy) is 2. The fourth-order valence-corrected chi connectivity index (χ4v) is 3.13. The van der Waals surface area contributed by atoms with Crippen molar-refractivity contribution >= 4 is 15.9 Å². The molecule has 0 bridgehead atoms. The molecule has 1 aromatic rings. The van der Waals surface area contributed by atoms with Gasteiger partial charge < -0.3 is 14.8 Å². The van der Waals surface area contributed by atoms with E-state index >= 15 is 0 Å². The minimum absolute atomic E-state index is 0.328. The second kappa shape index (κ2) is 4.50. The van der Waals surface area contributed by atoms with Gasteiger partial charge in [0.05, 0.1) is 4.47 Å². The lowest BCUT2D eigenvalue weighted by atomic mass is 9.94. The summed E-state index contributed by atoms with van der Waals surface area (Å²) in [6.45, 7) is 3.57. The van der Waals surface area contributed by atoms with Crippen molar-refractivity contribution < 1.29 is 9.47 Å². The van der Waals surface area contributed by atoms with Crippen LogP contribution < -0.4 is 14.8 Å². The number of piperidine rings is 1. The van der Waals surface area contributed by atoms with E-state index in [1.165, 1.54) is 30.4 Å². The maximum absolute atomic E-state index is 5.49. The van der Waals surface area contributed by atoms with Gasteiger partial charge in [0, 0.05) is 6.04 Å². The predicted molar refractivity (Wildman–Crippen MR) is 69.6 cm³/mol. The van der Waals surface area contributed by atoms with Crippen LogP contribution in [0.2, 0.25) is 0 Å². The molecule has 1 atom stereocenters. The van der Waals surface area contributed by atoms with E-state index in [1.54, 1.807) is 0 Å². The summed E-state index contributed by atoms with van der Waals surface area (Å²) >= 11 is 3.62. The third-order valence-corrected chi connectivity index (χ3v) is 4.53. The molecule has 0 spiro atoms. The Kier molecular flexibility index (Phi) is 3.01. The highest BCUT2D eigenvalue weighted by molar-refractivity contribution is 9.10. The number of halogens is 1. The maximum Gasteiger partial charge on any atom is 0.231 e. The Labute approximate surface area is 110 Å². The average molecular weight is 298 g/mol. The minimum Gasteiger partial charge on any atom is -0.454 e. The van der Waals surface area contributed by atoms with Gasteiger partial charge in [0.25, 0.3) is 0 Å². The topological polar surface area (TPSA) is 30.5 Å². The zero-order valence-corrected chi connectivity index (χ0v) is 11.5. The normalized spacial score (nSPS) is 22.8. The van der Waals surface area contributed by atoms with Gasteiger partial charge in [-0.3, -0.25) is 0 Å². The molecule has 2 aliphatic heterocycles. The lowest BCUT2D eigenvalue weighted by molar-refractivity contribution is 0.173. The highest BCUT2D eigenvalue weighted by Crippen LogP contribution is 2.44. The van der Waals surface area contributed by atoms with Gasteiger partial charge in [-0.25, -0.2) is 0 Å². The van der Waals surface area contributed by atoms with Gasteiger partial charge >= 0.3 is 0 Å². The summed E-state index contributed by atoms with van der Waals surface area (Å²) in [6.07, 6.45) is 3.78. The maximum atomic E-state index is 5.49. The molecular weight excluding hydrogens is 282 g/mol. The Balaban J connectivity index is 2.01. The first-order valence-corrected chi connectivity index (χ1v) is 6.88. The van der Waals surface area contributed by atoms with Gasteiger partial charge in [0.1, 0.15) is 0 Å². The molecule has 2 heterocycles.